The number of benzene rings is 2. The summed E-state index contributed by atoms with van der Waals surface area (Å²) in [6.45, 7) is 0. The average Bonchev–Trinajstić information content (AvgIpc) is 2.46. The summed E-state index contributed by atoms with van der Waals surface area (Å²) in [5.41, 5.74) is 0.749. The minimum absolute atomic E-state index is 0.0715. The monoisotopic (exact) mass is 324 g/mol. The Morgan fingerprint density at radius 1 is 1.09 bits per heavy atom. The van der Waals surface area contributed by atoms with Crippen molar-refractivity contribution in [3.05, 3.63) is 48.3 Å². The van der Waals surface area contributed by atoms with Gasteiger partial charge in [-0.05, 0) is 36.4 Å². The van der Waals surface area contributed by atoms with E-state index in [-0.39, 0.29) is 10.6 Å². The van der Waals surface area contributed by atoms with Crippen molar-refractivity contribution in [1.29, 1.82) is 0 Å². The van der Waals surface area contributed by atoms with E-state index in [2.05, 4.69) is 4.72 Å². The lowest BCUT2D eigenvalue weighted by Crippen LogP contribution is -2.17. The molecule has 0 saturated heterocycles. The van der Waals surface area contributed by atoms with Gasteiger partial charge in [-0.15, -0.1) is 0 Å². The van der Waals surface area contributed by atoms with E-state index < -0.39 is 15.8 Å². The molecule has 0 unspecified atom stereocenters. The Morgan fingerprint density at radius 3 is 2.27 bits per heavy atom. The Hall–Kier alpha value is -2.28. The first kappa shape index (κ1) is 16.1. The highest BCUT2D eigenvalue weighted by Gasteiger charge is 2.17. The van der Waals surface area contributed by atoms with Crippen LogP contribution in [0.2, 0.25) is 0 Å². The molecule has 2 aromatic rings. The van der Waals surface area contributed by atoms with Gasteiger partial charge in [-0.25, -0.2) is 12.8 Å². The van der Waals surface area contributed by atoms with Crippen LogP contribution in [0.25, 0.3) is 0 Å². The highest BCUT2D eigenvalue weighted by atomic mass is 32.2. The fourth-order valence-corrected chi connectivity index (χ4v) is 3.00. The summed E-state index contributed by atoms with van der Waals surface area (Å²) in [5, 5.41) is 0. The Morgan fingerprint density at radius 2 is 1.73 bits per heavy atom. The number of methoxy groups -OCH3 is 1. The van der Waals surface area contributed by atoms with Crippen molar-refractivity contribution in [2.24, 2.45) is 0 Å². The van der Waals surface area contributed by atoms with Crippen molar-refractivity contribution in [3.63, 3.8) is 0 Å². The van der Waals surface area contributed by atoms with E-state index in [0.29, 0.717) is 11.4 Å². The lowest BCUT2D eigenvalue weighted by Gasteiger charge is -2.18. The van der Waals surface area contributed by atoms with Gasteiger partial charge in [0.25, 0.3) is 10.0 Å². The SMILES string of the molecule is COc1ccc(S(=O)(=O)Nc2cc(F)ccc2N(C)C)cc1. The molecule has 0 aliphatic carbocycles. The minimum atomic E-state index is -3.81. The molecule has 0 aliphatic heterocycles. The quantitative estimate of drug-likeness (QED) is 0.919. The zero-order chi connectivity index (χ0) is 16.3. The second-order valence-electron chi connectivity index (χ2n) is 4.84. The summed E-state index contributed by atoms with van der Waals surface area (Å²) in [5.74, 6) is 0.0386. The smallest absolute Gasteiger partial charge is 0.261 e. The van der Waals surface area contributed by atoms with Crippen LogP contribution < -0.4 is 14.4 Å². The van der Waals surface area contributed by atoms with E-state index in [1.807, 2.05) is 0 Å². The van der Waals surface area contributed by atoms with Crippen molar-refractivity contribution in [1.82, 2.24) is 0 Å². The number of sulfonamides is 1. The van der Waals surface area contributed by atoms with Gasteiger partial charge in [0.1, 0.15) is 11.6 Å². The standard InChI is InChI=1S/C15H17FN2O3S/c1-18(2)15-9-4-11(16)10-14(15)17-22(19,20)13-7-5-12(21-3)6-8-13/h4-10,17H,1-3H3. The van der Waals surface area contributed by atoms with Gasteiger partial charge >= 0.3 is 0 Å². The number of hydrogen-bond donors (Lipinski definition) is 1. The maximum atomic E-state index is 13.4. The highest BCUT2D eigenvalue weighted by molar-refractivity contribution is 7.92. The molecule has 1 N–H and O–H groups in total. The van der Waals surface area contributed by atoms with Crippen LogP contribution in [0.4, 0.5) is 15.8 Å². The minimum Gasteiger partial charge on any atom is -0.497 e. The molecule has 0 aromatic heterocycles. The maximum Gasteiger partial charge on any atom is 0.261 e. The fourth-order valence-electron chi connectivity index (χ4n) is 1.94. The van der Waals surface area contributed by atoms with Crippen LogP contribution in [-0.2, 0) is 10.0 Å². The molecule has 7 heteroatoms. The molecule has 0 spiro atoms. The van der Waals surface area contributed by atoms with E-state index in [0.717, 1.165) is 6.07 Å². The third-order valence-corrected chi connectivity index (χ3v) is 4.44. The third-order valence-electron chi connectivity index (χ3n) is 3.05. The predicted molar refractivity (Wildman–Crippen MR) is 84.5 cm³/mol. The molecule has 118 valence electrons. The maximum absolute atomic E-state index is 13.4. The van der Waals surface area contributed by atoms with Crippen molar-refractivity contribution >= 4 is 21.4 Å². The summed E-state index contributed by atoms with van der Waals surface area (Å²) < 4.78 is 45.6. The molecule has 0 atom stereocenters. The van der Waals surface area contributed by atoms with Gasteiger partial charge in [-0.1, -0.05) is 0 Å². The van der Waals surface area contributed by atoms with E-state index >= 15 is 0 Å². The van der Waals surface area contributed by atoms with Crippen molar-refractivity contribution in [2.45, 2.75) is 4.90 Å². The van der Waals surface area contributed by atoms with Crippen LogP contribution in [0, 0.1) is 5.82 Å². The summed E-state index contributed by atoms with van der Waals surface area (Å²) >= 11 is 0. The molecule has 2 aromatic carbocycles. The number of hydrogen-bond acceptors (Lipinski definition) is 4. The highest BCUT2D eigenvalue weighted by Crippen LogP contribution is 2.28. The molecule has 0 aliphatic rings. The predicted octanol–water partition coefficient (Wildman–Crippen LogP) is 2.70. The largest absolute Gasteiger partial charge is 0.497 e. The number of ether oxygens (including phenoxy) is 1. The Kier molecular flexibility index (Phi) is 4.56. The summed E-state index contributed by atoms with van der Waals surface area (Å²) in [4.78, 5) is 1.77. The van der Waals surface area contributed by atoms with Gasteiger partial charge in [-0.2, -0.15) is 0 Å². The Bertz CT molecular complexity index is 759. The number of nitrogens with zero attached hydrogens (tertiary/aromatic N) is 1. The van der Waals surface area contributed by atoms with E-state index in [4.69, 9.17) is 4.74 Å². The van der Waals surface area contributed by atoms with Crippen LogP contribution in [0.5, 0.6) is 5.75 Å². The summed E-state index contributed by atoms with van der Waals surface area (Å²) in [6, 6.07) is 9.89. The zero-order valence-corrected chi connectivity index (χ0v) is 13.3. The Labute approximate surface area is 129 Å². The van der Waals surface area contributed by atoms with Crippen LogP contribution in [0.1, 0.15) is 0 Å². The molecule has 2 rings (SSSR count). The van der Waals surface area contributed by atoms with Gasteiger partial charge in [0.2, 0.25) is 0 Å². The number of rotatable bonds is 5. The second-order valence-corrected chi connectivity index (χ2v) is 6.52. The van der Waals surface area contributed by atoms with Gasteiger partial charge in [0, 0.05) is 20.2 Å². The molecule has 0 fully saturated rings. The zero-order valence-electron chi connectivity index (χ0n) is 12.5. The molecule has 0 bridgehead atoms. The molecule has 0 heterocycles. The van der Waals surface area contributed by atoms with Crippen LogP contribution in [-0.4, -0.2) is 29.6 Å². The van der Waals surface area contributed by atoms with Gasteiger partial charge < -0.3 is 9.64 Å². The van der Waals surface area contributed by atoms with E-state index in [1.54, 1.807) is 31.1 Å². The average molecular weight is 324 g/mol. The second kappa shape index (κ2) is 6.23. The normalized spacial score (nSPS) is 11.1. The molecule has 0 amide bonds. The van der Waals surface area contributed by atoms with Gasteiger partial charge in [-0.3, -0.25) is 4.72 Å². The van der Waals surface area contributed by atoms with E-state index in [9.17, 15) is 12.8 Å². The summed E-state index contributed by atoms with van der Waals surface area (Å²) in [7, 11) is 1.18. The van der Waals surface area contributed by atoms with Crippen molar-refractivity contribution in [3.8, 4) is 5.75 Å². The van der Waals surface area contributed by atoms with Gasteiger partial charge in [0.05, 0.1) is 23.4 Å². The first-order valence-electron chi connectivity index (χ1n) is 6.47. The first-order valence-corrected chi connectivity index (χ1v) is 7.95. The molecule has 0 saturated carbocycles. The lowest BCUT2D eigenvalue weighted by molar-refractivity contribution is 0.414. The van der Waals surface area contributed by atoms with Crippen LogP contribution in [0.15, 0.2) is 47.4 Å². The number of anilines is 2. The fraction of sp³-hybridized carbons (Fsp3) is 0.200. The van der Waals surface area contributed by atoms with Crippen molar-refractivity contribution < 1.29 is 17.5 Å². The topological polar surface area (TPSA) is 58.6 Å². The molecular formula is C15H17FN2O3S. The van der Waals surface area contributed by atoms with Crippen LogP contribution in [0.3, 0.4) is 0 Å². The molecule has 0 radical (unpaired) electrons. The Balaban J connectivity index is 2.37. The first-order chi connectivity index (χ1) is 10.3. The summed E-state index contributed by atoms with van der Waals surface area (Å²) in [6.07, 6.45) is 0. The molecule has 5 nitrogen and oxygen atoms in total. The van der Waals surface area contributed by atoms with Crippen molar-refractivity contribution in [2.75, 3.05) is 30.8 Å². The van der Waals surface area contributed by atoms with Crippen LogP contribution >= 0.6 is 0 Å². The number of halogens is 1. The third kappa shape index (κ3) is 3.48. The number of nitrogens with one attached hydrogen (secondary N) is 1. The van der Waals surface area contributed by atoms with E-state index in [1.165, 1.54) is 31.4 Å². The lowest BCUT2D eigenvalue weighted by atomic mass is 10.2. The van der Waals surface area contributed by atoms with Gasteiger partial charge in [0.15, 0.2) is 0 Å². The molecular weight excluding hydrogens is 307 g/mol. The molecule has 22 heavy (non-hydrogen) atoms.